The highest BCUT2D eigenvalue weighted by molar-refractivity contribution is 7.89. The van der Waals surface area contributed by atoms with Crippen LogP contribution >= 0.6 is 12.4 Å². The summed E-state index contributed by atoms with van der Waals surface area (Å²) in [6, 6.07) is 7.76. The Balaban J connectivity index is 0.00000342. The van der Waals surface area contributed by atoms with Crippen molar-refractivity contribution in [2.45, 2.75) is 30.3 Å². The van der Waals surface area contributed by atoms with Crippen molar-refractivity contribution in [3.8, 4) is 16.9 Å². The van der Waals surface area contributed by atoms with Gasteiger partial charge in [-0.25, -0.2) is 22.2 Å². The number of halogens is 2. The Labute approximate surface area is 208 Å². The summed E-state index contributed by atoms with van der Waals surface area (Å²) in [5.41, 5.74) is 7.41. The fourth-order valence-electron chi connectivity index (χ4n) is 3.55. The highest BCUT2D eigenvalue weighted by Gasteiger charge is 2.30. The summed E-state index contributed by atoms with van der Waals surface area (Å²) < 4.78 is 49.4. The highest BCUT2D eigenvalue weighted by atomic mass is 35.5. The number of carbonyl (C=O) groups is 1. The van der Waals surface area contributed by atoms with Gasteiger partial charge in [0.1, 0.15) is 22.0 Å². The molecule has 35 heavy (non-hydrogen) atoms. The summed E-state index contributed by atoms with van der Waals surface area (Å²) in [6.45, 7) is -0.177. The maximum atomic E-state index is 14.1. The van der Waals surface area contributed by atoms with E-state index in [1.807, 2.05) is 0 Å². The first kappa shape index (κ1) is 26.5. The molecule has 1 saturated carbocycles. The molecule has 0 radical (unpaired) electrons. The van der Waals surface area contributed by atoms with Crippen LogP contribution in [-0.4, -0.2) is 56.1 Å². The predicted molar refractivity (Wildman–Crippen MR) is 132 cm³/mol. The van der Waals surface area contributed by atoms with Crippen molar-refractivity contribution in [3.05, 3.63) is 47.8 Å². The van der Waals surface area contributed by atoms with E-state index >= 15 is 0 Å². The van der Waals surface area contributed by atoms with E-state index in [1.165, 1.54) is 31.0 Å². The lowest BCUT2D eigenvalue weighted by atomic mass is 10.0. The van der Waals surface area contributed by atoms with E-state index in [2.05, 4.69) is 20.4 Å². The van der Waals surface area contributed by atoms with Gasteiger partial charge >= 0.3 is 0 Å². The van der Waals surface area contributed by atoms with Gasteiger partial charge in [-0.2, -0.15) is 0 Å². The molecule has 13 heteroatoms. The van der Waals surface area contributed by atoms with Crippen LogP contribution in [0.5, 0.6) is 5.75 Å². The van der Waals surface area contributed by atoms with E-state index in [0.29, 0.717) is 22.2 Å². The number of amides is 1. The molecule has 0 bridgehead atoms. The van der Waals surface area contributed by atoms with Crippen LogP contribution in [0.15, 0.2) is 47.1 Å². The first-order valence-corrected chi connectivity index (χ1v) is 12.1. The first-order chi connectivity index (χ1) is 16.3. The maximum absolute atomic E-state index is 14.1. The van der Waals surface area contributed by atoms with Gasteiger partial charge in [-0.1, -0.05) is 11.3 Å². The molecule has 1 aliphatic carbocycles. The Morgan fingerprint density at radius 2 is 2.06 bits per heavy atom. The van der Waals surface area contributed by atoms with Gasteiger partial charge in [0.15, 0.2) is 0 Å². The summed E-state index contributed by atoms with van der Waals surface area (Å²) in [5, 5.41) is 10.8. The molecule has 3 aromatic rings. The lowest BCUT2D eigenvalue weighted by Crippen LogP contribution is -2.26. The van der Waals surface area contributed by atoms with Gasteiger partial charge in [-0.3, -0.25) is 4.79 Å². The van der Waals surface area contributed by atoms with Gasteiger partial charge < -0.3 is 15.8 Å². The first-order valence-electron chi connectivity index (χ1n) is 10.6. The summed E-state index contributed by atoms with van der Waals surface area (Å²) in [7, 11) is -0.950. The number of ether oxygens (including phenoxy) is 1. The molecule has 10 nitrogen and oxygen atoms in total. The van der Waals surface area contributed by atoms with Crippen molar-refractivity contribution in [2.75, 3.05) is 20.7 Å². The van der Waals surface area contributed by atoms with Gasteiger partial charge in [0.05, 0.1) is 19.2 Å². The number of nitrogens with zero attached hydrogens (tertiary/aromatic N) is 3. The Bertz CT molecular complexity index is 1390. The monoisotopic (exact) mass is 524 g/mol. The number of carbonyl (C=O) groups excluding carboxylic acids is 1. The third-order valence-electron chi connectivity index (χ3n) is 5.41. The van der Waals surface area contributed by atoms with Gasteiger partial charge in [0.25, 0.3) is 5.91 Å². The minimum atomic E-state index is -3.84. The number of rotatable bonds is 9. The SMILES string of the molecule is CNC(=O)c1cc(-c2ccc(OC)c(S(=O)(=O)NC3CC3)c2)c2nnn(C/C(F)=C/CN)c2c1.Cl. The molecule has 2 aromatic carbocycles. The molecule has 1 aliphatic rings. The zero-order chi connectivity index (χ0) is 24.5. The average Bonchev–Trinajstić information content (AvgIpc) is 3.54. The van der Waals surface area contributed by atoms with E-state index in [1.54, 1.807) is 24.3 Å². The third kappa shape index (κ3) is 5.61. The van der Waals surface area contributed by atoms with E-state index in [-0.39, 0.29) is 53.7 Å². The largest absolute Gasteiger partial charge is 0.495 e. The number of benzene rings is 2. The second kappa shape index (κ2) is 10.7. The van der Waals surface area contributed by atoms with E-state index in [0.717, 1.165) is 12.8 Å². The van der Waals surface area contributed by atoms with Crippen LogP contribution in [0.4, 0.5) is 4.39 Å². The molecular formula is C22H26ClFN6O4S. The molecular weight excluding hydrogens is 499 g/mol. The molecule has 188 valence electrons. The highest BCUT2D eigenvalue weighted by Crippen LogP contribution is 2.35. The second-order valence-corrected chi connectivity index (χ2v) is 9.55. The number of hydrogen-bond acceptors (Lipinski definition) is 7. The topological polar surface area (TPSA) is 141 Å². The predicted octanol–water partition coefficient (Wildman–Crippen LogP) is 2.14. The number of nitrogens with two attached hydrogens (primary N) is 1. The average molecular weight is 525 g/mol. The van der Waals surface area contributed by atoms with Crippen molar-refractivity contribution in [2.24, 2.45) is 5.73 Å². The smallest absolute Gasteiger partial charge is 0.251 e. The van der Waals surface area contributed by atoms with Crippen molar-refractivity contribution in [1.82, 2.24) is 25.0 Å². The standard InChI is InChI=1S/C22H25FN6O4S.ClH/c1-25-22(30)14-9-17(21-18(10-14)29(28-26-21)12-15(23)7-8-24)13-3-6-19(33-2)20(11-13)34(31,32)27-16-4-5-16;/h3,6-7,9-11,16,27H,4-5,8,12,24H2,1-2H3,(H,25,30);1H/b15-7-;. The maximum Gasteiger partial charge on any atom is 0.251 e. The minimum Gasteiger partial charge on any atom is -0.495 e. The molecule has 1 fully saturated rings. The van der Waals surface area contributed by atoms with Crippen molar-refractivity contribution in [3.63, 3.8) is 0 Å². The number of sulfonamides is 1. The third-order valence-corrected chi connectivity index (χ3v) is 6.95. The number of methoxy groups -OCH3 is 1. The summed E-state index contributed by atoms with van der Waals surface area (Å²) in [4.78, 5) is 12.4. The Hall–Kier alpha value is -3.06. The van der Waals surface area contributed by atoms with Crippen LogP contribution in [-0.2, 0) is 16.6 Å². The fourth-order valence-corrected chi connectivity index (χ4v) is 5.05. The molecule has 4 rings (SSSR count). The zero-order valence-electron chi connectivity index (χ0n) is 19.1. The molecule has 1 amide bonds. The number of nitrogens with one attached hydrogen (secondary N) is 2. The van der Waals surface area contributed by atoms with Crippen molar-refractivity contribution >= 4 is 39.4 Å². The number of allylic oxidation sites excluding steroid dienone is 1. The zero-order valence-corrected chi connectivity index (χ0v) is 20.7. The summed E-state index contributed by atoms with van der Waals surface area (Å²) in [6.07, 6.45) is 2.80. The lowest BCUT2D eigenvalue weighted by molar-refractivity contribution is 0.0963. The minimum absolute atomic E-state index is 0. The van der Waals surface area contributed by atoms with Crippen LogP contribution in [0.3, 0.4) is 0 Å². The van der Waals surface area contributed by atoms with E-state index in [9.17, 15) is 17.6 Å². The van der Waals surface area contributed by atoms with Crippen LogP contribution in [0.2, 0.25) is 0 Å². The number of aromatic nitrogens is 3. The van der Waals surface area contributed by atoms with E-state index < -0.39 is 15.9 Å². The molecule has 0 aliphatic heterocycles. The summed E-state index contributed by atoms with van der Waals surface area (Å²) >= 11 is 0. The van der Waals surface area contributed by atoms with Crippen molar-refractivity contribution in [1.29, 1.82) is 0 Å². The van der Waals surface area contributed by atoms with Gasteiger partial charge in [0.2, 0.25) is 10.0 Å². The number of fused-ring (bicyclic) bond motifs is 1. The van der Waals surface area contributed by atoms with Crippen molar-refractivity contribution < 1.29 is 22.3 Å². The Kier molecular flexibility index (Phi) is 8.11. The quantitative estimate of drug-likeness (QED) is 0.389. The summed E-state index contributed by atoms with van der Waals surface area (Å²) in [5.74, 6) is -0.677. The molecule has 1 heterocycles. The molecule has 0 unspecified atom stereocenters. The van der Waals surface area contributed by atoms with Gasteiger partial charge in [-0.15, -0.1) is 17.5 Å². The Morgan fingerprint density at radius 1 is 1.31 bits per heavy atom. The fraction of sp³-hybridized carbons (Fsp3) is 0.318. The molecule has 1 aromatic heterocycles. The van der Waals surface area contributed by atoms with Crippen LogP contribution in [0, 0.1) is 0 Å². The molecule has 4 N–H and O–H groups in total. The van der Waals surface area contributed by atoms with E-state index in [4.69, 9.17) is 10.5 Å². The number of hydrogen-bond donors (Lipinski definition) is 3. The van der Waals surface area contributed by atoms with Crippen LogP contribution in [0.1, 0.15) is 23.2 Å². The molecule has 0 atom stereocenters. The van der Waals surface area contributed by atoms with Crippen LogP contribution in [0.25, 0.3) is 22.2 Å². The Morgan fingerprint density at radius 3 is 2.69 bits per heavy atom. The van der Waals surface area contributed by atoms with Crippen LogP contribution < -0.4 is 20.5 Å². The lowest BCUT2D eigenvalue weighted by Gasteiger charge is -2.13. The molecule has 0 saturated heterocycles. The second-order valence-electron chi connectivity index (χ2n) is 7.87. The van der Waals surface area contributed by atoms with Gasteiger partial charge in [-0.05, 0) is 48.7 Å². The molecule has 0 spiro atoms. The van der Waals surface area contributed by atoms with Gasteiger partial charge in [0, 0.05) is 30.8 Å². The normalized spacial score (nSPS) is 14.0.